The Hall–Kier alpha value is -1.07. The molecule has 0 unspecified atom stereocenters. The van der Waals surface area contributed by atoms with Gasteiger partial charge in [0.25, 0.3) is 0 Å². The molecular weight excluding hydrogens is 228 g/mol. The number of nitrogens with zero attached hydrogens (tertiary/aromatic N) is 2. The Morgan fingerprint density at radius 3 is 2.88 bits per heavy atom. The molecule has 1 amide bonds. The Morgan fingerprint density at radius 2 is 2.31 bits per heavy atom. The summed E-state index contributed by atoms with van der Waals surface area (Å²) in [6.45, 7) is 1.62. The first kappa shape index (κ1) is 14.9. The maximum absolute atomic E-state index is 11.2. The van der Waals surface area contributed by atoms with E-state index in [0.717, 1.165) is 25.2 Å². The number of carbonyl (C=O) groups excluding carboxylic acids is 1. The van der Waals surface area contributed by atoms with Gasteiger partial charge in [-0.2, -0.15) is 5.10 Å². The quantitative estimate of drug-likeness (QED) is 0.730. The molecule has 0 aliphatic heterocycles. The van der Waals surface area contributed by atoms with Crippen LogP contribution in [0.3, 0.4) is 0 Å². The van der Waals surface area contributed by atoms with Gasteiger partial charge in [-0.25, -0.2) is 0 Å². The summed E-state index contributed by atoms with van der Waals surface area (Å²) in [6.07, 6.45) is 3.20. The monoisotopic (exact) mass is 246 g/mol. The fraction of sp³-hybridized carbons (Fsp3) is 0.600. The molecule has 2 N–H and O–H groups in total. The molecule has 0 aliphatic carbocycles. The molecule has 0 saturated heterocycles. The Labute approximate surface area is 102 Å². The van der Waals surface area contributed by atoms with E-state index in [4.69, 9.17) is 0 Å². The highest BCUT2D eigenvalue weighted by Crippen LogP contribution is 1.93. The van der Waals surface area contributed by atoms with Crippen LogP contribution in [0, 0.1) is 0 Å². The van der Waals surface area contributed by atoms with Crippen LogP contribution in [0.1, 0.15) is 18.5 Å². The van der Waals surface area contributed by atoms with E-state index >= 15 is 0 Å². The number of carbonyl (C=O) groups is 1. The maximum atomic E-state index is 11.2. The van der Waals surface area contributed by atoms with Crippen LogP contribution < -0.4 is 5.32 Å². The first-order valence-electron chi connectivity index (χ1n) is 5.09. The van der Waals surface area contributed by atoms with Crippen LogP contribution in [0.5, 0.6) is 0 Å². The minimum atomic E-state index is 0. The fourth-order valence-electron chi connectivity index (χ4n) is 1.19. The van der Waals surface area contributed by atoms with Gasteiger partial charge in [-0.3, -0.25) is 9.89 Å². The Balaban J connectivity index is 0.00000225. The zero-order valence-electron chi connectivity index (χ0n) is 9.69. The summed E-state index contributed by atoms with van der Waals surface area (Å²) in [5, 5.41) is 9.95. The Bertz CT molecular complexity index is 287. The van der Waals surface area contributed by atoms with Crippen LogP contribution in [0.25, 0.3) is 0 Å². The third-order valence-electron chi connectivity index (χ3n) is 2.12. The Kier molecular flexibility index (Phi) is 7.58. The number of hydrogen-bond acceptors (Lipinski definition) is 3. The average molecular weight is 247 g/mol. The SMILES string of the molecule is CN(C)C(=O)CCCNCc1ccn[nH]1.Cl. The molecule has 0 atom stereocenters. The molecular formula is C10H19ClN4O. The van der Waals surface area contributed by atoms with Crippen molar-refractivity contribution in [3.05, 3.63) is 18.0 Å². The smallest absolute Gasteiger partial charge is 0.222 e. The highest BCUT2D eigenvalue weighted by molar-refractivity contribution is 5.85. The van der Waals surface area contributed by atoms with Crippen LogP contribution in [0.4, 0.5) is 0 Å². The lowest BCUT2D eigenvalue weighted by Crippen LogP contribution is -2.23. The molecule has 1 aromatic rings. The zero-order valence-corrected chi connectivity index (χ0v) is 10.5. The van der Waals surface area contributed by atoms with Gasteiger partial charge in [0.1, 0.15) is 0 Å². The number of aromatic nitrogens is 2. The largest absolute Gasteiger partial charge is 0.349 e. The molecule has 0 saturated carbocycles. The molecule has 0 fully saturated rings. The van der Waals surface area contributed by atoms with Crippen molar-refractivity contribution in [1.29, 1.82) is 0 Å². The summed E-state index contributed by atoms with van der Waals surface area (Å²) in [4.78, 5) is 12.8. The normalized spacial score (nSPS) is 9.62. The number of hydrogen-bond donors (Lipinski definition) is 2. The second-order valence-corrected chi connectivity index (χ2v) is 3.65. The van der Waals surface area contributed by atoms with Crippen molar-refractivity contribution >= 4 is 18.3 Å². The molecule has 0 radical (unpaired) electrons. The number of amides is 1. The minimum absolute atomic E-state index is 0. The molecule has 92 valence electrons. The predicted octanol–water partition coefficient (Wildman–Crippen LogP) is 0.789. The number of rotatable bonds is 6. The van der Waals surface area contributed by atoms with Crippen molar-refractivity contribution in [3.8, 4) is 0 Å². The first-order chi connectivity index (χ1) is 7.20. The van der Waals surface area contributed by atoms with Crippen molar-refractivity contribution < 1.29 is 4.79 Å². The van der Waals surface area contributed by atoms with Crippen LogP contribution in [0.15, 0.2) is 12.3 Å². The van der Waals surface area contributed by atoms with Gasteiger partial charge in [0.05, 0.1) is 0 Å². The number of aromatic amines is 1. The number of H-pyrrole nitrogens is 1. The van der Waals surface area contributed by atoms with Crippen LogP contribution in [0.2, 0.25) is 0 Å². The van der Waals surface area contributed by atoms with Gasteiger partial charge < -0.3 is 10.2 Å². The van der Waals surface area contributed by atoms with E-state index in [-0.39, 0.29) is 18.3 Å². The second kappa shape index (κ2) is 8.13. The van der Waals surface area contributed by atoms with Crippen LogP contribution >= 0.6 is 12.4 Å². The standard InChI is InChI=1S/C10H18N4O.ClH/c1-14(2)10(15)4-3-6-11-8-9-5-7-12-13-9;/h5,7,11H,3-4,6,8H2,1-2H3,(H,12,13);1H. The summed E-state index contributed by atoms with van der Waals surface area (Å²) in [6, 6.07) is 1.93. The summed E-state index contributed by atoms with van der Waals surface area (Å²) in [5.41, 5.74) is 1.06. The molecule has 0 aliphatic rings. The van der Waals surface area contributed by atoms with Gasteiger partial charge in [-0.1, -0.05) is 0 Å². The molecule has 5 nitrogen and oxygen atoms in total. The number of halogens is 1. The third-order valence-corrected chi connectivity index (χ3v) is 2.12. The van der Waals surface area contributed by atoms with Crippen LogP contribution in [-0.4, -0.2) is 41.6 Å². The molecule has 0 spiro atoms. The van der Waals surface area contributed by atoms with Crippen molar-refractivity contribution in [2.75, 3.05) is 20.6 Å². The van der Waals surface area contributed by atoms with E-state index in [9.17, 15) is 4.79 Å². The van der Waals surface area contributed by atoms with Gasteiger partial charge in [0.15, 0.2) is 0 Å². The van der Waals surface area contributed by atoms with E-state index in [1.807, 2.05) is 6.07 Å². The third kappa shape index (κ3) is 5.72. The Morgan fingerprint density at radius 1 is 1.56 bits per heavy atom. The highest BCUT2D eigenvalue weighted by Gasteiger charge is 2.02. The van der Waals surface area contributed by atoms with Crippen molar-refractivity contribution in [2.45, 2.75) is 19.4 Å². The molecule has 0 aromatic carbocycles. The lowest BCUT2D eigenvalue weighted by Gasteiger charge is -2.09. The lowest BCUT2D eigenvalue weighted by atomic mass is 10.3. The van der Waals surface area contributed by atoms with Gasteiger partial charge in [0.2, 0.25) is 5.91 Å². The summed E-state index contributed by atoms with van der Waals surface area (Å²) >= 11 is 0. The summed E-state index contributed by atoms with van der Waals surface area (Å²) in [7, 11) is 3.56. The first-order valence-corrected chi connectivity index (χ1v) is 5.09. The highest BCUT2D eigenvalue weighted by atomic mass is 35.5. The average Bonchev–Trinajstić information content (AvgIpc) is 2.69. The van der Waals surface area contributed by atoms with E-state index in [1.54, 1.807) is 25.2 Å². The molecule has 1 aromatic heterocycles. The van der Waals surface area contributed by atoms with E-state index < -0.39 is 0 Å². The molecule has 1 heterocycles. The number of nitrogens with one attached hydrogen (secondary N) is 2. The summed E-state index contributed by atoms with van der Waals surface area (Å²) in [5.74, 6) is 0.179. The minimum Gasteiger partial charge on any atom is -0.349 e. The molecule has 6 heteroatoms. The van der Waals surface area contributed by atoms with Gasteiger partial charge in [-0.15, -0.1) is 12.4 Å². The van der Waals surface area contributed by atoms with Crippen molar-refractivity contribution in [3.63, 3.8) is 0 Å². The zero-order chi connectivity index (χ0) is 11.1. The van der Waals surface area contributed by atoms with Gasteiger partial charge in [0, 0.05) is 39.0 Å². The van der Waals surface area contributed by atoms with Crippen LogP contribution in [-0.2, 0) is 11.3 Å². The van der Waals surface area contributed by atoms with E-state index in [1.165, 1.54) is 0 Å². The van der Waals surface area contributed by atoms with Gasteiger partial charge in [-0.05, 0) is 19.0 Å². The molecule has 1 rings (SSSR count). The summed E-state index contributed by atoms with van der Waals surface area (Å²) < 4.78 is 0. The molecule has 16 heavy (non-hydrogen) atoms. The topological polar surface area (TPSA) is 61.0 Å². The van der Waals surface area contributed by atoms with E-state index in [0.29, 0.717) is 6.42 Å². The molecule has 0 bridgehead atoms. The second-order valence-electron chi connectivity index (χ2n) is 3.65. The van der Waals surface area contributed by atoms with Gasteiger partial charge >= 0.3 is 0 Å². The lowest BCUT2D eigenvalue weighted by molar-refractivity contribution is -0.128. The van der Waals surface area contributed by atoms with E-state index in [2.05, 4.69) is 15.5 Å². The maximum Gasteiger partial charge on any atom is 0.222 e. The van der Waals surface area contributed by atoms with Crippen molar-refractivity contribution in [2.24, 2.45) is 0 Å². The van der Waals surface area contributed by atoms with Crippen molar-refractivity contribution in [1.82, 2.24) is 20.4 Å². The predicted molar refractivity (Wildman–Crippen MR) is 65.5 cm³/mol. The fourth-order valence-corrected chi connectivity index (χ4v) is 1.19.